The molecule has 0 unspecified atom stereocenters. The molecule has 0 bridgehead atoms. The molecule has 1 N–H and O–H groups in total. The third-order valence-corrected chi connectivity index (χ3v) is 3.28. The zero-order valence-electron chi connectivity index (χ0n) is 11.5. The lowest BCUT2D eigenvalue weighted by molar-refractivity contribution is 0.0811. The number of nitrogens with zero attached hydrogens (tertiary/aromatic N) is 2. The molecule has 0 radical (unpaired) electrons. The third-order valence-electron chi connectivity index (χ3n) is 3.28. The van der Waals surface area contributed by atoms with Gasteiger partial charge in [0.1, 0.15) is 6.26 Å². The van der Waals surface area contributed by atoms with Crippen LogP contribution in [0.4, 0.5) is 6.01 Å². The molecule has 1 aliphatic heterocycles. The Balaban J connectivity index is 1.86. The molecule has 1 aliphatic rings. The lowest BCUT2D eigenvalue weighted by atomic mass is 10.1. The van der Waals surface area contributed by atoms with Crippen LogP contribution >= 0.6 is 0 Å². The Hall–Kier alpha value is -1.07. The van der Waals surface area contributed by atoms with Crippen molar-refractivity contribution in [3.8, 4) is 0 Å². The van der Waals surface area contributed by atoms with Crippen LogP contribution in [0.3, 0.4) is 0 Å². The molecule has 5 nitrogen and oxygen atoms in total. The van der Waals surface area contributed by atoms with Crippen molar-refractivity contribution in [1.29, 1.82) is 0 Å². The van der Waals surface area contributed by atoms with Crippen LogP contribution in [-0.2, 0) is 11.3 Å². The molecule has 102 valence electrons. The SMILES string of the molecule is COC1CCN(c2nc(CNC(C)C)co2)CC1. The van der Waals surface area contributed by atoms with Gasteiger partial charge in [0.15, 0.2) is 0 Å². The lowest BCUT2D eigenvalue weighted by Crippen LogP contribution is -2.36. The highest BCUT2D eigenvalue weighted by Crippen LogP contribution is 2.20. The van der Waals surface area contributed by atoms with Crippen LogP contribution in [0, 0.1) is 0 Å². The molecule has 0 aliphatic carbocycles. The van der Waals surface area contributed by atoms with E-state index in [0.717, 1.165) is 44.2 Å². The van der Waals surface area contributed by atoms with Crippen molar-refractivity contribution in [2.24, 2.45) is 0 Å². The van der Waals surface area contributed by atoms with E-state index in [-0.39, 0.29) is 0 Å². The molecule has 0 spiro atoms. The predicted octanol–water partition coefficient (Wildman–Crippen LogP) is 1.79. The van der Waals surface area contributed by atoms with Gasteiger partial charge in [-0.05, 0) is 12.8 Å². The minimum absolute atomic E-state index is 0.387. The second-order valence-electron chi connectivity index (χ2n) is 5.08. The predicted molar refractivity (Wildman–Crippen MR) is 70.7 cm³/mol. The Kier molecular flexibility index (Phi) is 4.60. The highest BCUT2D eigenvalue weighted by Gasteiger charge is 2.21. The van der Waals surface area contributed by atoms with E-state index in [4.69, 9.17) is 9.15 Å². The Morgan fingerprint density at radius 2 is 2.22 bits per heavy atom. The third kappa shape index (κ3) is 3.46. The van der Waals surface area contributed by atoms with E-state index < -0.39 is 0 Å². The van der Waals surface area contributed by atoms with E-state index in [9.17, 15) is 0 Å². The maximum absolute atomic E-state index is 5.54. The van der Waals surface area contributed by atoms with Crippen molar-refractivity contribution in [1.82, 2.24) is 10.3 Å². The molecule has 1 saturated heterocycles. The molecule has 1 aromatic heterocycles. The molecule has 5 heteroatoms. The number of hydrogen-bond acceptors (Lipinski definition) is 5. The number of nitrogens with one attached hydrogen (secondary N) is 1. The van der Waals surface area contributed by atoms with Crippen LogP contribution in [0.2, 0.25) is 0 Å². The van der Waals surface area contributed by atoms with Gasteiger partial charge in [0.05, 0.1) is 11.8 Å². The summed E-state index contributed by atoms with van der Waals surface area (Å²) < 4.78 is 10.9. The first-order valence-corrected chi connectivity index (χ1v) is 6.64. The summed E-state index contributed by atoms with van der Waals surface area (Å²) in [5.74, 6) is 0. The topological polar surface area (TPSA) is 50.5 Å². The first-order valence-electron chi connectivity index (χ1n) is 6.64. The van der Waals surface area contributed by atoms with Crippen molar-refractivity contribution in [3.05, 3.63) is 12.0 Å². The van der Waals surface area contributed by atoms with Gasteiger partial charge in [-0.3, -0.25) is 0 Å². The number of aromatic nitrogens is 1. The number of rotatable bonds is 5. The number of methoxy groups -OCH3 is 1. The molecular weight excluding hydrogens is 230 g/mol. The van der Waals surface area contributed by atoms with E-state index in [1.165, 1.54) is 0 Å². The Morgan fingerprint density at radius 3 is 2.83 bits per heavy atom. The maximum Gasteiger partial charge on any atom is 0.297 e. The van der Waals surface area contributed by atoms with E-state index in [0.29, 0.717) is 12.1 Å². The zero-order valence-corrected chi connectivity index (χ0v) is 11.5. The zero-order chi connectivity index (χ0) is 13.0. The molecule has 0 saturated carbocycles. The summed E-state index contributed by atoms with van der Waals surface area (Å²) in [7, 11) is 1.78. The van der Waals surface area contributed by atoms with Gasteiger partial charge in [0.2, 0.25) is 0 Å². The number of oxazole rings is 1. The molecule has 0 aromatic carbocycles. The average Bonchev–Trinajstić information content (AvgIpc) is 2.85. The first kappa shape index (κ1) is 13.4. The number of piperidine rings is 1. The number of ether oxygens (including phenoxy) is 1. The standard InChI is InChI=1S/C13H23N3O2/c1-10(2)14-8-11-9-18-13(15-11)16-6-4-12(17-3)5-7-16/h9-10,12,14H,4-8H2,1-3H3. The summed E-state index contributed by atoms with van der Waals surface area (Å²) in [5, 5.41) is 3.33. The molecular formula is C13H23N3O2. The minimum atomic E-state index is 0.387. The van der Waals surface area contributed by atoms with Gasteiger partial charge in [0.25, 0.3) is 6.01 Å². The van der Waals surface area contributed by atoms with Crippen molar-refractivity contribution < 1.29 is 9.15 Å². The molecule has 2 rings (SSSR count). The van der Waals surface area contributed by atoms with Gasteiger partial charge in [-0.15, -0.1) is 0 Å². The van der Waals surface area contributed by atoms with Crippen LogP contribution in [0.5, 0.6) is 0 Å². The van der Waals surface area contributed by atoms with Gasteiger partial charge in [-0.25, -0.2) is 0 Å². The fourth-order valence-electron chi connectivity index (χ4n) is 2.11. The molecule has 2 heterocycles. The highest BCUT2D eigenvalue weighted by atomic mass is 16.5. The van der Waals surface area contributed by atoms with Crippen molar-refractivity contribution in [3.63, 3.8) is 0 Å². The van der Waals surface area contributed by atoms with Gasteiger partial charge >= 0.3 is 0 Å². The molecule has 18 heavy (non-hydrogen) atoms. The summed E-state index contributed by atoms with van der Waals surface area (Å²) in [4.78, 5) is 6.70. The summed E-state index contributed by atoms with van der Waals surface area (Å²) in [5.41, 5.74) is 0.965. The van der Waals surface area contributed by atoms with Crippen LogP contribution in [-0.4, -0.2) is 37.3 Å². The smallest absolute Gasteiger partial charge is 0.297 e. The fraction of sp³-hybridized carbons (Fsp3) is 0.769. The van der Waals surface area contributed by atoms with E-state index >= 15 is 0 Å². The van der Waals surface area contributed by atoms with Crippen molar-refractivity contribution in [2.75, 3.05) is 25.1 Å². The quantitative estimate of drug-likeness (QED) is 0.867. The highest BCUT2D eigenvalue weighted by molar-refractivity contribution is 5.27. The Morgan fingerprint density at radius 1 is 1.50 bits per heavy atom. The minimum Gasteiger partial charge on any atom is -0.432 e. The van der Waals surface area contributed by atoms with Gasteiger partial charge in [-0.1, -0.05) is 13.8 Å². The first-order chi connectivity index (χ1) is 8.69. The molecule has 0 amide bonds. The Bertz CT molecular complexity index is 357. The van der Waals surface area contributed by atoms with Crippen LogP contribution in [0.25, 0.3) is 0 Å². The second-order valence-corrected chi connectivity index (χ2v) is 5.08. The van der Waals surface area contributed by atoms with Crippen LogP contribution < -0.4 is 10.2 Å². The van der Waals surface area contributed by atoms with Crippen molar-refractivity contribution in [2.45, 2.75) is 45.4 Å². The van der Waals surface area contributed by atoms with E-state index in [1.54, 1.807) is 13.4 Å². The average molecular weight is 253 g/mol. The Labute approximate surface area is 109 Å². The summed E-state index contributed by atoms with van der Waals surface area (Å²) in [6, 6.07) is 1.20. The second kappa shape index (κ2) is 6.20. The monoisotopic (exact) mass is 253 g/mol. The van der Waals surface area contributed by atoms with Crippen molar-refractivity contribution >= 4 is 6.01 Å². The number of anilines is 1. The van der Waals surface area contributed by atoms with Gasteiger partial charge in [-0.2, -0.15) is 4.98 Å². The maximum atomic E-state index is 5.54. The van der Waals surface area contributed by atoms with E-state index in [1.807, 2.05) is 0 Å². The summed E-state index contributed by atoms with van der Waals surface area (Å²) in [6.07, 6.45) is 4.21. The molecule has 0 atom stereocenters. The largest absolute Gasteiger partial charge is 0.432 e. The molecule has 1 aromatic rings. The van der Waals surface area contributed by atoms with Gasteiger partial charge < -0.3 is 19.4 Å². The normalized spacial score (nSPS) is 17.7. The number of hydrogen-bond donors (Lipinski definition) is 1. The van der Waals surface area contributed by atoms with Crippen LogP contribution in [0.1, 0.15) is 32.4 Å². The molecule has 1 fully saturated rings. The summed E-state index contributed by atoms with van der Waals surface area (Å²) in [6.45, 7) is 6.91. The fourth-order valence-corrected chi connectivity index (χ4v) is 2.11. The van der Waals surface area contributed by atoms with Crippen LogP contribution in [0.15, 0.2) is 10.7 Å². The van der Waals surface area contributed by atoms with Gasteiger partial charge in [0, 0.05) is 32.8 Å². The lowest BCUT2D eigenvalue weighted by Gasteiger charge is -2.29. The summed E-state index contributed by atoms with van der Waals surface area (Å²) >= 11 is 0. The van der Waals surface area contributed by atoms with E-state index in [2.05, 4.69) is 29.0 Å².